The molecule has 2 aliphatic carbocycles. The highest BCUT2D eigenvalue weighted by Gasteiger charge is 2.42. The average Bonchev–Trinajstić information content (AvgIpc) is 3.14. The van der Waals surface area contributed by atoms with Gasteiger partial charge in [0.2, 0.25) is 0 Å². The lowest BCUT2D eigenvalue weighted by Crippen LogP contribution is -2.26. The van der Waals surface area contributed by atoms with Crippen LogP contribution in [0.1, 0.15) is 84.4 Å². The molecule has 6 aromatic carbocycles. The van der Waals surface area contributed by atoms with Crippen molar-refractivity contribution in [2.75, 3.05) is 14.2 Å². The summed E-state index contributed by atoms with van der Waals surface area (Å²) in [5.74, 6) is -7.00. The lowest BCUT2D eigenvalue weighted by atomic mass is 9.74. The topological polar surface area (TPSA) is 161 Å². The first-order chi connectivity index (χ1) is 24.0. The van der Waals surface area contributed by atoms with Crippen LogP contribution >= 0.6 is 0 Å². The first kappa shape index (κ1) is 30.4. The second kappa shape index (κ2) is 10.8. The summed E-state index contributed by atoms with van der Waals surface area (Å²) in [6.07, 6.45) is 0. The van der Waals surface area contributed by atoms with Crippen LogP contribution in [-0.4, -0.2) is 59.5 Å². The Morgan fingerprint density at radius 2 is 0.740 bits per heavy atom. The van der Waals surface area contributed by atoms with Gasteiger partial charge in [0.1, 0.15) is 22.6 Å². The Labute approximate surface area is 282 Å². The summed E-state index contributed by atoms with van der Waals surface area (Å²) in [6, 6.07) is 22.2. The molecule has 10 heteroatoms. The minimum absolute atomic E-state index is 0.0234. The van der Waals surface area contributed by atoms with Crippen LogP contribution in [0.5, 0.6) is 11.5 Å². The Morgan fingerprint density at radius 3 is 1.04 bits per heavy atom. The SMILES string of the molecule is COC(=O)c1cc2c(c(-c3c(O)c(C(=O)OC)cc4c3C(=O)c3cc5ccccc5cc3C4=O)c1O)C(=O)c1cc3ccccc3cc1C2=O. The maximum Gasteiger partial charge on any atom is 0.341 e. The summed E-state index contributed by atoms with van der Waals surface area (Å²) in [5, 5.41) is 26.3. The van der Waals surface area contributed by atoms with Gasteiger partial charge in [0.15, 0.2) is 23.1 Å². The quantitative estimate of drug-likeness (QED) is 0.209. The van der Waals surface area contributed by atoms with E-state index in [-0.39, 0.29) is 33.4 Å². The maximum atomic E-state index is 14.5. The van der Waals surface area contributed by atoms with Crippen molar-refractivity contribution < 1.29 is 48.5 Å². The zero-order chi connectivity index (χ0) is 35.2. The van der Waals surface area contributed by atoms with Gasteiger partial charge in [-0.25, -0.2) is 9.59 Å². The molecule has 0 amide bonds. The van der Waals surface area contributed by atoms with E-state index in [1.807, 2.05) is 0 Å². The summed E-state index contributed by atoms with van der Waals surface area (Å²) < 4.78 is 9.77. The molecule has 0 saturated carbocycles. The number of hydrogen-bond donors (Lipinski definition) is 2. The molecule has 0 aromatic heterocycles. The van der Waals surface area contributed by atoms with Gasteiger partial charge >= 0.3 is 11.9 Å². The van der Waals surface area contributed by atoms with E-state index in [2.05, 4.69) is 0 Å². The van der Waals surface area contributed by atoms with E-state index >= 15 is 0 Å². The van der Waals surface area contributed by atoms with Gasteiger partial charge in [0.25, 0.3) is 0 Å². The molecule has 0 fully saturated rings. The van der Waals surface area contributed by atoms with Crippen LogP contribution in [0.25, 0.3) is 32.7 Å². The third kappa shape index (κ3) is 4.08. The fourth-order valence-electron chi connectivity index (χ4n) is 6.98. The third-order valence-corrected chi connectivity index (χ3v) is 9.35. The molecule has 6 aromatic rings. The monoisotopic (exact) mass is 662 g/mol. The van der Waals surface area contributed by atoms with Crippen molar-refractivity contribution >= 4 is 56.6 Å². The summed E-state index contributed by atoms with van der Waals surface area (Å²) in [4.78, 5) is 83.6. The Hall–Kier alpha value is -6.94. The van der Waals surface area contributed by atoms with Gasteiger partial charge in [-0.3, -0.25) is 19.2 Å². The molecule has 10 nitrogen and oxygen atoms in total. The highest BCUT2D eigenvalue weighted by atomic mass is 16.5. The second-order valence-corrected chi connectivity index (χ2v) is 11.9. The molecule has 0 radical (unpaired) electrons. The van der Waals surface area contributed by atoms with Crippen LogP contribution in [0.15, 0.2) is 84.9 Å². The maximum absolute atomic E-state index is 14.5. The Kier molecular flexibility index (Phi) is 6.56. The van der Waals surface area contributed by atoms with E-state index in [9.17, 15) is 39.0 Å². The average molecular weight is 663 g/mol. The molecule has 50 heavy (non-hydrogen) atoms. The highest BCUT2D eigenvalue weighted by molar-refractivity contribution is 6.35. The summed E-state index contributed by atoms with van der Waals surface area (Å²) in [6.45, 7) is 0. The number of rotatable bonds is 3. The number of aromatic hydroxyl groups is 2. The van der Waals surface area contributed by atoms with Gasteiger partial charge in [0, 0.05) is 55.6 Å². The molecule has 0 bridgehead atoms. The van der Waals surface area contributed by atoms with Crippen LogP contribution in [0.2, 0.25) is 0 Å². The van der Waals surface area contributed by atoms with Crippen molar-refractivity contribution in [3.63, 3.8) is 0 Å². The number of carbonyl (C=O) groups excluding carboxylic acids is 6. The molecule has 0 heterocycles. The molecule has 0 unspecified atom stereocenters. The van der Waals surface area contributed by atoms with Gasteiger partial charge < -0.3 is 19.7 Å². The lowest BCUT2D eigenvalue weighted by molar-refractivity contribution is 0.0587. The van der Waals surface area contributed by atoms with Crippen molar-refractivity contribution in [1.82, 2.24) is 0 Å². The number of hydrogen-bond acceptors (Lipinski definition) is 10. The number of carbonyl (C=O) groups is 6. The number of methoxy groups -OCH3 is 2. The zero-order valence-electron chi connectivity index (χ0n) is 26.2. The van der Waals surface area contributed by atoms with Gasteiger partial charge in [0.05, 0.1) is 14.2 Å². The molecule has 0 saturated heterocycles. The molecule has 242 valence electrons. The summed E-state index contributed by atoms with van der Waals surface area (Å²) in [5.41, 5.74) is -3.94. The number of ketones is 4. The van der Waals surface area contributed by atoms with E-state index in [4.69, 9.17) is 9.47 Å². The van der Waals surface area contributed by atoms with Crippen molar-refractivity contribution in [1.29, 1.82) is 0 Å². The van der Waals surface area contributed by atoms with Crippen LogP contribution in [0.4, 0.5) is 0 Å². The van der Waals surface area contributed by atoms with Crippen molar-refractivity contribution in [3.8, 4) is 22.6 Å². The summed E-state index contributed by atoms with van der Waals surface area (Å²) in [7, 11) is 2.08. The second-order valence-electron chi connectivity index (χ2n) is 11.9. The first-order valence-electron chi connectivity index (χ1n) is 15.3. The zero-order valence-corrected chi connectivity index (χ0v) is 26.2. The largest absolute Gasteiger partial charge is 0.506 e. The third-order valence-electron chi connectivity index (χ3n) is 9.35. The predicted molar refractivity (Wildman–Crippen MR) is 180 cm³/mol. The van der Waals surface area contributed by atoms with Gasteiger partial charge in [-0.15, -0.1) is 0 Å². The molecule has 2 aliphatic rings. The highest BCUT2D eigenvalue weighted by Crippen LogP contribution is 2.50. The minimum atomic E-state index is -1.10. The van der Waals surface area contributed by atoms with Crippen molar-refractivity contribution in [2.24, 2.45) is 0 Å². The lowest BCUT2D eigenvalue weighted by Gasteiger charge is -2.27. The van der Waals surface area contributed by atoms with E-state index < -0.39 is 80.0 Å². The van der Waals surface area contributed by atoms with E-state index in [1.54, 1.807) is 60.7 Å². The molecule has 0 spiro atoms. The molecule has 0 aliphatic heterocycles. The van der Waals surface area contributed by atoms with Gasteiger partial charge in [-0.2, -0.15) is 0 Å². The molecular weight excluding hydrogens is 640 g/mol. The standard InChI is InChI=1S/C40H22O10/c1-49-39(47)27-15-25-29(35(43)23-13-19-9-5-3-7-17(19)11-21(23)33(25)41)31(37(27)45)32-30-26(16-28(38(32)46)40(48)50-2)34(42)22-12-18-8-4-6-10-20(18)14-24(22)36(30)44/h3-16,45-46H,1-2H3. The smallest absolute Gasteiger partial charge is 0.341 e. The van der Waals surface area contributed by atoms with Crippen molar-refractivity contribution in [2.45, 2.75) is 0 Å². The molecular formula is C40H22O10. The number of fused-ring (bicyclic) bond motifs is 6. The Balaban J connectivity index is 1.51. The Bertz CT molecular complexity index is 2460. The molecule has 2 N–H and O–H groups in total. The summed E-state index contributed by atoms with van der Waals surface area (Å²) >= 11 is 0. The molecule has 8 rings (SSSR count). The van der Waals surface area contributed by atoms with E-state index in [1.165, 1.54) is 12.1 Å². The van der Waals surface area contributed by atoms with Crippen molar-refractivity contribution in [3.05, 3.63) is 141 Å². The predicted octanol–water partition coefficient (Wildman–Crippen LogP) is 6.20. The van der Waals surface area contributed by atoms with Crippen LogP contribution in [0, 0.1) is 0 Å². The number of ether oxygens (including phenoxy) is 2. The van der Waals surface area contributed by atoms with E-state index in [0.717, 1.165) is 26.4 Å². The van der Waals surface area contributed by atoms with Crippen LogP contribution < -0.4 is 0 Å². The number of phenols is 2. The van der Waals surface area contributed by atoms with Gasteiger partial charge in [-0.05, 0) is 57.9 Å². The first-order valence-corrected chi connectivity index (χ1v) is 15.3. The van der Waals surface area contributed by atoms with Crippen LogP contribution in [0.3, 0.4) is 0 Å². The van der Waals surface area contributed by atoms with E-state index in [0.29, 0.717) is 21.5 Å². The Morgan fingerprint density at radius 1 is 0.440 bits per heavy atom. The fourth-order valence-corrected chi connectivity index (χ4v) is 6.98. The number of esters is 2. The molecule has 0 atom stereocenters. The fraction of sp³-hybridized carbons (Fsp3) is 0.0500. The number of benzene rings is 6. The van der Waals surface area contributed by atoms with Crippen LogP contribution in [-0.2, 0) is 9.47 Å². The van der Waals surface area contributed by atoms with Gasteiger partial charge in [-0.1, -0.05) is 48.5 Å². The minimum Gasteiger partial charge on any atom is -0.506 e. The normalized spacial score (nSPS) is 13.1. The number of phenolic OH excluding ortho intramolecular Hbond substituents is 2.